The third-order valence-electron chi connectivity index (χ3n) is 5.50. The van der Waals surface area contributed by atoms with Crippen LogP contribution in [0.2, 0.25) is 0 Å². The lowest BCUT2D eigenvalue weighted by molar-refractivity contribution is 0.0342. The Morgan fingerprint density at radius 3 is 2.44 bits per heavy atom. The Bertz CT molecular complexity index is 889. The van der Waals surface area contributed by atoms with Gasteiger partial charge in [-0.15, -0.1) is 0 Å². The lowest BCUT2D eigenvalue weighted by Gasteiger charge is -2.26. The highest BCUT2D eigenvalue weighted by Gasteiger charge is 2.11. The van der Waals surface area contributed by atoms with E-state index in [1.54, 1.807) is 26.0 Å². The first-order valence-electron chi connectivity index (χ1n) is 11.2. The summed E-state index contributed by atoms with van der Waals surface area (Å²) in [7, 11) is 5.31. The fourth-order valence-corrected chi connectivity index (χ4v) is 3.63. The van der Waals surface area contributed by atoms with E-state index < -0.39 is 0 Å². The molecule has 2 aromatic rings. The normalized spacial score (nSPS) is 14.8. The van der Waals surface area contributed by atoms with Gasteiger partial charge in [-0.05, 0) is 35.2 Å². The van der Waals surface area contributed by atoms with Crippen molar-refractivity contribution < 1.29 is 9.53 Å². The summed E-state index contributed by atoms with van der Waals surface area (Å²) in [5.74, 6) is 0.788. The monoisotopic (exact) mass is 437 g/mol. The van der Waals surface area contributed by atoms with Crippen molar-refractivity contribution in [2.75, 3.05) is 54.0 Å². The van der Waals surface area contributed by atoms with Crippen molar-refractivity contribution >= 4 is 11.9 Å². The first-order chi connectivity index (χ1) is 15.5. The second-order valence-electron chi connectivity index (χ2n) is 8.21. The molecular formula is C25H35N5O2. The Labute approximate surface area is 191 Å². The van der Waals surface area contributed by atoms with Gasteiger partial charge in [0.25, 0.3) is 5.91 Å². The van der Waals surface area contributed by atoms with Crippen LogP contribution in [0.3, 0.4) is 0 Å². The van der Waals surface area contributed by atoms with Gasteiger partial charge in [-0.1, -0.05) is 36.4 Å². The van der Waals surface area contributed by atoms with Crippen molar-refractivity contribution in [2.45, 2.75) is 19.5 Å². The van der Waals surface area contributed by atoms with E-state index in [0.717, 1.165) is 57.3 Å². The Balaban J connectivity index is 1.42. The molecule has 1 amide bonds. The number of rotatable bonds is 8. The molecule has 1 saturated heterocycles. The standard InChI is InChI=1S/C25H35N5O2/c1-26-25(27-12-11-20-5-4-6-23(17-20)24(31)29(2)3)28-18-21-7-9-22(10-8-21)19-30-13-15-32-16-14-30/h4-10,17H,11-16,18-19H2,1-3H3,(H2,26,27,28). The number of carbonyl (C=O) groups excluding carboxylic acids is 1. The molecule has 0 atom stereocenters. The molecule has 7 heteroatoms. The molecule has 1 heterocycles. The number of guanidine groups is 1. The summed E-state index contributed by atoms with van der Waals surface area (Å²) in [6.07, 6.45) is 0.811. The maximum Gasteiger partial charge on any atom is 0.253 e. The van der Waals surface area contributed by atoms with E-state index in [0.29, 0.717) is 12.1 Å². The molecular weight excluding hydrogens is 402 g/mol. The van der Waals surface area contributed by atoms with E-state index in [4.69, 9.17) is 4.74 Å². The second-order valence-corrected chi connectivity index (χ2v) is 8.21. The number of nitrogens with one attached hydrogen (secondary N) is 2. The first kappa shape index (κ1) is 23.8. The SMILES string of the molecule is CN=C(NCCc1cccc(C(=O)N(C)C)c1)NCc1ccc(CN2CCOCC2)cc1. The number of ether oxygens (including phenoxy) is 1. The van der Waals surface area contributed by atoms with Crippen molar-refractivity contribution in [1.82, 2.24) is 20.4 Å². The molecule has 1 fully saturated rings. The predicted molar refractivity (Wildman–Crippen MR) is 129 cm³/mol. The van der Waals surface area contributed by atoms with E-state index >= 15 is 0 Å². The lowest BCUT2D eigenvalue weighted by Crippen LogP contribution is -2.37. The molecule has 0 bridgehead atoms. The number of nitrogens with zero attached hydrogens (tertiary/aromatic N) is 3. The smallest absolute Gasteiger partial charge is 0.253 e. The maximum atomic E-state index is 12.1. The van der Waals surface area contributed by atoms with Crippen LogP contribution in [0.5, 0.6) is 0 Å². The molecule has 0 saturated carbocycles. The molecule has 7 nitrogen and oxygen atoms in total. The Kier molecular flexibility index (Phi) is 9.07. The summed E-state index contributed by atoms with van der Waals surface area (Å²) in [5, 5.41) is 6.72. The topological polar surface area (TPSA) is 69.2 Å². The van der Waals surface area contributed by atoms with Crippen LogP contribution >= 0.6 is 0 Å². The van der Waals surface area contributed by atoms with E-state index in [1.807, 2.05) is 24.3 Å². The highest BCUT2D eigenvalue weighted by atomic mass is 16.5. The summed E-state index contributed by atoms with van der Waals surface area (Å²) in [6, 6.07) is 16.5. The van der Waals surface area contributed by atoms with Gasteiger partial charge in [-0.3, -0.25) is 14.7 Å². The molecule has 3 rings (SSSR count). The molecule has 0 aromatic heterocycles. The van der Waals surface area contributed by atoms with Gasteiger partial charge in [0.1, 0.15) is 0 Å². The summed E-state index contributed by atoms with van der Waals surface area (Å²) in [6.45, 7) is 6.08. The molecule has 2 aromatic carbocycles. The molecule has 0 spiro atoms. The summed E-state index contributed by atoms with van der Waals surface area (Å²) >= 11 is 0. The van der Waals surface area contributed by atoms with E-state index in [1.165, 1.54) is 11.1 Å². The van der Waals surface area contributed by atoms with Crippen LogP contribution in [0.1, 0.15) is 27.0 Å². The van der Waals surface area contributed by atoms with Gasteiger partial charge in [0, 0.05) is 59.4 Å². The first-order valence-corrected chi connectivity index (χ1v) is 11.2. The minimum atomic E-state index is 0.0215. The fourth-order valence-electron chi connectivity index (χ4n) is 3.63. The number of aliphatic imine (C=N–C) groups is 1. The zero-order valence-electron chi connectivity index (χ0n) is 19.4. The highest BCUT2D eigenvalue weighted by Crippen LogP contribution is 2.10. The van der Waals surface area contributed by atoms with Crippen molar-refractivity contribution in [1.29, 1.82) is 0 Å². The zero-order valence-corrected chi connectivity index (χ0v) is 19.4. The van der Waals surface area contributed by atoms with Crippen LogP contribution in [0.4, 0.5) is 0 Å². The van der Waals surface area contributed by atoms with Crippen LogP contribution < -0.4 is 10.6 Å². The highest BCUT2D eigenvalue weighted by molar-refractivity contribution is 5.94. The van der Waals surface area contributed by atoms with Gasteiger partial charge in [0.05, 0.1) is 13.2 Å². The molecule has 32 heavy (non-hydrogen) atoms. The van der Waals surface area contributed by atoms with Crippen LogP contribution in [0, 0.1) is 0 Å². The summed E-state index contributed by atoms with van der Waals surface area (Å²) < 4.78 is 5.42. The third-order valence-corrected chi connectivity index (χ3v) is 5.50. The maximum absolute atomic E-state index is 12.1. The molecule has 0 radical (unpaired) electrons. The lowest BCUT2D eigenvalue weighted by atomic mass is 10.1. The fraction of sp³-hybridized carbons (Fsp3) is 0.440. The Morgan fingerprint density at radius 1 is 1.03 bits per heavy atom. The number of morpholine rings is 1. The minimum Gasteiger partial charge on any atom is -0.379 e. The largest absolute Gasteiger partial charge is 0.379 e. The number of hydrogen-bond donors (Lipinski definition) is 2. The average molecular weight is 438 g/mol. The van der Waals surface area contributed by atoms with Crippen LogP contribution in [-0.2, 0) is 24.2 Å². The van der Waals surface area contributed by atoms with E-state index in [9.17, 15) is 4.79 Å². The van der Waals surface area contributed by atoms with Gasteiger partial charge in [-0.25, -0.2) is 0 Å². The molecule has 1 aliphatic rings. The van der Waals surface area contributed by atoms with Crippen LogP contribution in [0.15, 0.2) is 53.5 Å². The van der Waals surface area contributed by atoms with E-state index in [2.05, 4.69) is 44.8 Å². The Hall–Kier alpha value is -2.90. The van der Waals surface area contributed by atoms with Crippen molar-refractivity contribution in [2.24, 2.45) is 4.99 Å². The third kappa shape index (κ3) is 7.35. The van der Waals surface area contributed by atoms with Gasteiger partial charge in [0.15, 0.2) is 5.96 Å². The predicted octanol–water partition coefficient (Wildman–Crippen LogP) is 2.13. The number of carbonyl (C=O) groups is 1. The van der Waals surface area contributed by atoms with Gasteiger partial charge in [0.2, 0.25) is 0 Å². The van der Waals surface area contributed by atoms with Crippen LogP contribution in [-0.4, -0.2) is 75.7 Å². The number of hydrogen-bond acceptors (Lipinski definition) is 4. The molecule has 0 aliphatic carbocycles. The molecule has 2 N–H and O–H groups in total. The number of benzene rings is 2. The minimum absolute atomic E-state index is 0.0215. The second kappa shape index (κ2) is 12.2. The molecule has 1 aliphatic heterocycles. The Morgan fingerprint density at radius 2 is 1.75 bits per heavy atom. The number of amides is 1. The van der Waals surface area contributed by atoms with Gasteiger partial charge in [-0.2, -0.15) is 0 Å². The molecule has 172 valence electrons. The van der Waals surface area contributed by atoms with Crippen molar-refractivity contribution in [3.8, 4) is 0 Å². The molecule has 0 unspecified atom stereocenters. The quantitative estimate of drug-likeness (QED) is 0.489. The van der Waals surface area contributed by atoms with Gasteiger partial charge < -0.3 is 20.3 Å². The van der Waals surface area contributed by atoms with E-state index in [-0.39, 0.29) is 5.91 Å². The van der Waals surface area contributed by atoms with Crippen molar-refractivity contribution in [3.63, 3.8) is 0 Å². The average Bonchev–Trinajstić information content (AvgIpc) is 2.82. The zero-order chi connectivity index (χ0) is 22.8. The van der Waals surface area contributed by atoms with Gasteiger partial charge >= 0.3 is 0 Å². The summed E-state index contributed by atoms with van der Waals surface area (Å²) in [4.78, 5) is 20.5. The van der Waals surface area contributed by atoms with Crippen LogP contribution in [0.25, 0.3) is 0 Å². The van der Waals surface area contributed by atoms with Crippen molar-refractivity contribution in [3.05, 3.63) is 70.8 Å². The summed E-state index contributed by atoms with van der Waals surface area (Å²) in [5.41, 5.74) is 4.38.